The molecule has 18 heavy (non-hydrogen) atoms. The smallest absolute Gasteiger partial charge is 0.197 e. The number of rotatable bonds is 4. The van der Waals surface area contributed by atoms with Crippen molar-refractivity contribution in [2.75, 3.05) is 6.54 Å². The average Bonchev–Trinajstić information content (AvgIpc) is 2.65. The van der Waals surface area contributed by atoms with Crippen LogP contribution in [0, 0.1) is 13.8 Å². The van der Waals surface area contributed by atoms with E-state index >= 15 is 0 Å². The molecule has 0 aliphatic rings. The second kappa shape index (κ2) is 5.49. The molecule has 0 unspecified atom stereocenters. The maximum Gasteiger partial charge on any atom is 0.197 e. The standard InChI is InChI=1S/C12H17N5S/c1-8-6-10(4-5-13)7-14-11(8)18-12-16-15-9(2)17(12)3/h6-7H,4-5,13H2,1-3H3. The zero-order valence-corrected chi connectivity index (χ0v) is 11.7. The van der Waals surface area contributed by atoms with Crippen LogP contribution >= 0.6 is 11.8 Å². The van der Waals surface area contributed by atoms with Crippen molar-refractivity contribution >= 4 is 11.8 Å². The summed E-state index contributed by atoms with van der Waals surface area (Å²) in [5.41, 5.74) is 7.86. The summed E-state index contributed by atoms with van der Waals surface area (Å²) in [6, 6.07) is 2.13. The number of aryl methyl sites for hydroxylation is 2. The number of nitrogens with two attached hydrogens (primary N) is 1. The number of pyridine rings is 1. The minimum atomic E-state index is 0.649. The van der Waals surface area contributed by atoms with Gasteiger partial charge in [-0.15, -0.1) is 10.2 Å². The summed E-state index contributed by atoms with van der Waals surface area (Å²) >= 11 is 1.54. The molecule has 0 saturated carbocycles. The lowest BCUT2D eigenvalue weighted by Gasteiger charge is -2.06. The Hall–Kier alpha value is -1.40. The molecule has 0 bridgehead atoms. The fraction of sp³-hybridized carbons (Fsp3) is 0.417. The highest BCUT2D eigenvalue weighted by Gasteiger charge is 2.10. The Morgan fingerprint density at radius 2 is 2.11 bits per heavy atom. The van der Waals surface area contributed by atoms with Crippen LogP contribution in [0.5, 0.6) is 0 Å². The first-order valence-electron chi connectivity index (χ1n) is 5.81. The highest BCUT2D eigenvalue weighted by atomic mass is 32.2. The molecule has 0 radical (unpaired) electrons. The maximum atomic E-state index is 5.54. The molecule has 6 heteroatoms. The molecule has 5 nitrogen and oxygen atoms in total. The molecule has 0 fully saturated rings. The van der Waals surface area contributed by atoms with Gasteiger partial charge < -0.3 is 10.3 Å². The van der Waals surface area contributed by atoms with E-state index in [0.717, 1.165) is 28.0 Å². The molecule has 0 aliphatic carbocycles. The molecular formula is C12H17N5S. The summed E-state index contributed by atoms with van der Waals surface area (Å²) in [5.74, 6) is 0.898. The fourth-order valence-corrected chi connectivity index (χ4v) is 2.44. The van der Waals surface area contributed by atoms with Crippen LogP contribution in [0.3, 0.4) is 0 Å². The first kappa shape index (κ1) is 13.0. The third kappa shape index (κ3) is 2.70. The predicted octanol–water partition coefficient (Wildman–Crippen LogP) is 1.48. The Balaban J connectivity index is 2.22. The summed E-state index contributed by atoms with van der Waals surface area (Å²) < 4.78 is 1.96. The van der Waals surface area contributed by atoms with Crippen molar-refractivity contribution in [3.8, 4) is 0 Å². The molecule has 0 amide bonds. The van der Waals surface area contributed by atoms with E-state index in [9.17, 15) is 0 Å². The van der Waals surface area contributed by atoms with Crippen molar-refractivity contribution in [3.63, 3.8) is 0 Å². The Morgan fingerprint density at radius 3 is 2.67 bits per heavy atom. The van der Waals surface area contributed by atoms with Crippen LogP contribution in [0.15, 0.2) is 22.4 Å². The van der Waals surface area contributed by atoms with Gasteiger partial charge in [-0.1, -0.05) is 6.07 Å². The van der Waals surface area contributed by atoms with Crippen molar-refractivity contribution in [2.45, 2.75) is 30.5 Å². The van der Waals surface area contributed by atoms with Gasteiger partial charge in [-0.25, -0.2) is 4.98 Å². The van der Waals surface area contributed by atoms with E-state index in [0.29, 0.717) is 6.54 Å². The number of nitrogens with zero attached hydrogens (tertiary/aromatic N) is 4. The first-order chi connectivity index (χ1) is 8.61. The molecule has 0 saturated heterocycles. The molecule has 2 rings (SSSR count). The van der Waals surface area contributed by atoms with Crippen LogP contribution in [0.4, 0.5) is 0 Å². The lowest BCUT2D eigenvalue weighted by molar-refractivity contribution is 0.764. The Kier molecular flexibility index (Phi) is 3.98. The zero-order chi connectivity index (χ0) is 13.1. The predicted molar refractivity (Wildman–Crippen MR) is 71.6 cm³/mol. The fourth-order valence-electron chi connectivity index (χ4n) is 1.59. The van der Waals surface area contributed by atoms with Gasteiger partial charge in [-0.05, 0) is 49.7 Å². The molecular weight excluding hydrogens is 246 g/mol. The van der Waals surface area contributed by atoms with Crippen molar-refractivity contribution in [1.82, 2.24) is 19.7 Å². The second-order valence-electron chi connectivity index (χ2n) is 4.20. The summed E-state index contributed by atoms with van der Waals surface area (Å²) in [6.45, 7) is 4.64. The number of hydrogen-bond acceptors (Lipinski definition) is 5. The Labute approximate surface area is 111 Å². The van der Waals surface area contributed by atoms with Crippen molar-refractivity contribution in [1.29, 1.82) is 0 Å². The molecule has 2 heterocycles. The topological polar surface area (TPSA) is 69.6 Å². The van der Waals surface area contributed by atoms with Crippen molar-refractivity contribution in [2.24, 2.45) is 12.8 Å². The SMILES string of the molecule is Cc1cc(CCN)cnc1Sc1nnc(C)n1C. The van der Waals surface area contributed by atoms with Crippen LogP contribution in [-0.4, -0.2) is 26.3 Å². The van der Waals surface area contributed by atoms with E-state index < -0.39 is 0 Å². The highest BCUT2D eigenvalue weighted by Crippen LogP contribution is 2.27. The summed E-state index contributed by atoms with van der Waals surface area (Å²) in [7, 11) is 1.95. The van der Waals surface area contributed by atoms with E-state index in [4.69, 9.17) is 5.73 Å². The van der Waals surface area contributed by atoms with E-state index in [-0.39, 0.29) is 0 Å². The second-order valence-corrected chi connectivity index (χ2v) is 5.15. The van der Waals surface area contributed by atoms with Gasteiger partial charge in [-0.3, -0.25) is 0 Å². The zero-order valence-electron chi connectivity index (χ0n) is 10.8. The summed E-state index contributed by atoms with van der Waals surface area (Å²) in [5, 5.41) is 9.98. The minimum absolute atomic E-state index is 0.649. The quantitative estimate of drug-likeness (QED) is 0.904. The van der Waals surface area contributed by atoms with Gasteiger partial charge in [0, 0.05) is 13.2 Å². The van der Waals surface area contributed by atoms with Gasteiger partial charge in [0.1, 0.15) is 10.9 Å². The van der Waals surface area contributed by atoms with Crippen LogP contribution in [0.1, 0.15) is 17.0 Å². The van der Waals surface area contributed by atoms with Crippen LogP contribution in [0.2, 0.25) is 0 Å². The molecule has 2 aromatic rings. The Morgan fingerprint density at radius 1 is 1.33 bits per heavy atom. The van der Waals surface area contributed by atoms with Crippen LogP contribution in [0.25, 0.3) is 0 Å². The lowest BCUT2D eigenvalue weighted by atomic mass is 10.2. The van der Waals surface area contributed by atoms with E-state index in [1.165, 1.54) is 17.3 Å². The van der Waals surface area contributed by atoms with Gasteiger partial charge in [0.25, 0.3) is 0 Å². The van der Waals surface area contributed by atoms with Gasteiger partial charge in [0.2, 0.25) is 0 Å². The third-order valence-corrected chi connectivity index (χ3v) is 3.92. The summed E-state index contributed by atoms with van der Waals surface area (Å²) in [6.07, 6.45) is 2.74. The Bertz CT molecular complexity index is 549. The molecule has 0 atom stereocenters. The van der Waals surface area contributed by atoms with E-state index in [1.54, 1.807) is 0 Å². The number of hydrogen-bond donors (Lipinski definition) is 1. The van der Waals surface area contributed by atoms with E-state index in [2.05, 4.69) is 28.2 Å². The molecule has 0 aromatic carbocycles. The molecule has 0 spiro atoms. The summed E-state index contributed by atoms with van der Waals surface area (Å²) in [4.78, 5) is 4.47. The van der Waals surface area contributed by atoms with Crippen LogP contribution < -0.4 is 5.73 Å². The molecule has 96 valence electrons. The lowest BCUT2D eigenvalue weighted by Crippen LogP contribution is -2.03. The number of aromatic nitrogens is 4. The highest BCUT2D eigenvalue weighted by molar-refractivity contribution is 7.99. The monoisotopic (exact) mass is 263 g/mol. The maximum absolute atomic E-state index is 5.54. The van der Waals surface area contributed by atoms with Crippen molar-refractivity contribution < 1.29 is 0 Å². The van der Waals surface area contributed by atoms with Gasteiger partial charge >= 0.3 is 0 Å². The van der Waals surface area contributed by atoms with Gasteiger partial charge in [0.15, 0.2) is 5.16 Å². The molecule has 0 aliphatic heterocycles. The average molecular weight is 263 g/mol. The van der Waals surface area contributed by atoms with Gasteiger partial charge in [-0.2, -0.15) is 0 Å². The minimum Gasteiger partial charge on any atom is -0.330 e. The largest absolute Gasteiger partial charge is 0.330 e. The third-order valence-electron chi connectivity index (χ3n) is 2.76. The molecule has 2 N–H and O–H groups in total. The van der Waals surface area contributed by atoms with Crippen LogP contribution in [-0.2, 0) is 13.5 Å². The normalized spacial score (nSPS) is 10.9. The van der Waals surface area contributed by atoms with Crippen molar-refractivity contribution in [3.05, 3.63) is 29.2 Å². The van der Waals surface area contributed by atoms with Gasteiger partial charge in [0.05, 0.1) is 0 Å². The first-order valence-corrected chi connectivity index (χ1v) is 6.63. The van der Waals surface area contributed by atoms with E-state index in [1.807, 2.05) is 24.7 Å². The molecule has 2 aromatic heterocycles.